The number of nitrogens with one attached hydrogen (secondary N) is 1. The fourth-order valence-corrected chi connectivity index (χ4v) is 3.35. The smallest absolute Gasteiger partial charge is 0.338 e. The van der Waals surface area contributed by atoms with Crippen molar-refractivity contribution < 1.29 is 24.2 Å². The van der Waals surface area contributed by atoms with Crippen LogP contribution in [0.5, 0.6) is 0 Å². The molecule has 0 fully saturated rings. The van der Waals surface area contributed by atoms with Crippen LogP contribution in [-0.4, -0.2) is 30.8 Å². The van der Waals surface area contributed by atoms with Gasteiger partial charge in [0.1, 0.15) is 6.11 Å². The highest BCUT2D eigenvalue weighted by Crippen LogP contribution is 2.43. The van der Waals surface area contributed by atoms with Crippen LogP contribution >= 0.6 is 23.2 Å². The first-order valence-electron chi connectivity index (χ1n) is 7.81. The Hall–Kier alpha value is -2.46. The van der Waals surface area contributed by atoms with Gasteiger partial charge in [0.2, 0.25) is 5.78 Å². The molecule has 2 N–H and O–H groups in total. The summed E-state index contributed by atoms with van der Waals surface area (Å²) in [6, 6.07) is 4.92. The number of carbonyl (C=O) groups is 2. The van der Waals surface area contributed by atoms with E-state index < -0.39 is 17.7 Å². The molecule has 6 nitrogen and oxygen atoms in total. The van der Waals surface area contributed by atoms with Gasteiger partial charge in [-0.05, 0) is 25.5 Å². The average molecular weight is 410 g/mol. The number of halogens is 2. The minimum atomic E-state index is -0.879. The van der Waals surface area contributed by atoms with Crippen molar-refractivity contribution in [3.63, 3.8) is 0 Å². The molecule has 0 amide bonds. The second-order valence-corrected chi connectivity index (χ2v) is 6.47. The molecule has 0 saturated heterocycles. The van der Waals surface area contributed by atoms with E-state index >= 15 is 0 Å². The van der Waals surface area contributed by atoms with Crippen molar-refractivity contribution in [1.82, 2.24) is 5.32 Å². The quantitative estimate of drug-likeness (QED) is 0.440. The van der Waals surface area contributed by atoms with Gasteiger partial charge in [0.05, 0.1) is 21.5 Å². The lowest BCUT2D eigenvalue weighted by Crippen LogP contribution is -2.32. The standard InChI is InChI=1S/C19H17Cl2NO5/c1-10-15(14(24)7-8-23)17(12-5-4-6-13(20)18(12)21)16(11(2)22-10)19(25)27-9-26-3/h4-6,17,22-23H,9H2,1-3H3. The summed E-state index contributed by atoms with van der Waals surface area (Å²) in [7, 11) is 1.38. The topological polar surface area (TPSA) is 84.9 Å². The molecular weight excluding hydrogens is 393 g/mol. The van der Waals surface area contributed by atoms with E-state index in [4.69, 9.17) is 37.8 Å². The molecule has 0 aliphatic carbocycles. The van der Waals surface area contributed by atoms with Gasteiger partial charge in [0, 0.05) is 30.0 Å². The molecule has 1 aliphatic rings. The van der Waals surface area contributed by atoms with Crippen molar-refractivity contribution in [2.24, 2.45) is 0 Å². The number of allylic oxidation sites excluding steroid dienone is 3. The van der Waals surface area contributed by atoms with Gasteiger partial charge < -0.3 is 19.9 Å². The van der Waals surface area contributed by atoms with Gasteiger partial charge in [-0.1, -0.05) is 35.3 Å². The highest BCUT2D eigenvalue weighted by molar-refractivity contribution is 6.42. The summed E-state index contributed by atoms with van der Waals surface area (Å²) < 4.78 is 9.88. The number of carbonyl (C=O) groups excluding carboxylic acids is 2. The van der Waals surface area contributed by atoms with Gasteiger partial charge in [-0.2, -0.15) is 0 Å². The molecule has 27 heavy (non-hydrogen) atoms. The molecule has 1 heterocycles. The molecule has 0 saturated carbocycles. The largest absolute Gasteiger partial charge is 0.462 e. The summed E-state index contributed by atoms with van der Waals surface area (Å²) in [6.07, 6.45) is 1.60. The maximum absolute atomic E-state index is 12.7. The molecule has 1 unspecified atom stereocenters. The molecule has 1 aromatic carbocycles. The van der Waals surface area contributed by atoms with E-state index in [0.717, 1.165) is 0 Å². The van der Waals surface area contributed by atoms with Crippen molar-refractivity contribution >= 4 is 35.0 Å². The number of esters is 1. The molecule has 2 rings (SSSR count). The number of aliphatic hydroxyl groups excluding tert-OH is 1. The Morgan fingerprint density at radius 2 is 1.89 bits per heavy atom. The Balaban J connectivity index is 2.72. The molecule has 1 aromatic rings. The number of ketones is 1. The second kappa shape index (κ2) is 8.96. The predicted octanol–water partition coefficient (Wildman–Crippen LogP) is 3.28. The van der Waals surface area contributed by atoms with E-state index in [0.29, 0.717) is 17.0 Å². The zero-order valence-electron chi connectivity index (χ0n) is 14.9. The van der Waals surface area contributed by atoms with E-state index in [1.165, 1.54) is 7.11 Å². The summed E-state index contributed by atoms with van der Waals surface area (Å²) in [5.74, 6) is -0.131. The van der Waals surface area contributed by atoms with Gasteiger partial charge in [-0.25, -0.2) is 4.79 Å². The van der Waals surface area contributed by atoms with Gasteiger partial charge in [0.25, 0.3) is 0 Å². The zero-order valence-corrected chi connectivity index (χ0v) is 16.4. The minimum Gasteiger partial charge on any atom is -0.462 e. The molecule has 0 aromatic heterocycles. The summed E-state index contributed by atoms with van der Waals surface area (Å²) in [5.41, 5.74) is 1.74. The molecular formula is C19H17Cl2NO5. The lowest BCUT2D eigenvalue weighted by atomic mass is 9.79. The van der Waals surface area contributed by atoms with E-state index in [-0.39, 0.29) is 28.0 Å². The maximum atomic E-state index is 12.7. The summed E-state index contributed by atoms with van der Waals surface area (Å²) in [4.78, 5) is 25.3. The van der Waals surface area contributed by atoms with Gasteiger partial charge in [-0.15, -0.1) is 0 Å². The predicted molar refractivity (Wildman–Crippen MR) is 100 cm³/mol. The first kappa shape index (κ1) is 20.8. The molecule has 0 radical (unpaired) electrons. The number of Topliss-reactive ketones (excluding diaryl/α,β-unsaturated/α-hetero) is 1. The zero-order chi connectivity index (χ0) is 20.1. The lowest BCUT2D eigenvalue weighted by Gasteiger charge is -2.30. The highest BCUT2D eigenvalue weighted by atomic mass is 35.5. The molecule has 8 heteroatoms. The van der Waals surface area contributed by atoms with Crippen LogP contribution in [-0.2, 0) is 19.1 Å². The number of dihydropyridines is 1. The average Bonchev–Trinajstić information content (AvgIpc) is 2.61. The van der Waals surface area contributed by atoms with Crippen LogP contribution in [0.4, 0.5) is 0 Å². The van der Waals surface area contributed by atoms with Crippen LogP contribution in [0, 0.1) is 12.0 Å². The van der Waals surface area contributed by atoms with E-state index in [1.54, 1.807) is 38.2 Å². The van der Waals surface area contributed by atoms with Crippen LogP contribution in [0.2, 0.25) is 10.0 Å². The minimum absolute atomic E-state index is 0.163. The van der Waals surface area contributed by atoms with Gasteiger partial charge in [0.15, 0.2) is 6.79 Å². The maximum Gasteiger partial charge on any atom is 0.338 e. The van der Waals surface area contributed by atoms with E-state index in [9.17, 15) is 9.59 Å². The van der Waals surface area contributed by atoms with Crippen molar-refractivity contribution in [3.05, 3.63) is 56.3 Å². The van der Waals surface area contributed by atoms with Crippen molar-refractivity contribution in [1.29, 1.82) is 0 Å². The summed E-state index contributed by atoms with van der Waals surface area (Å²) in [5, 5.41) is 12.3. The SMILES string of the molecule is COCOC(=O)C1=C(C)NC(C)=C(C(=O)C#CO)C1c1cccc(Cl)c1Cl. The molecule has 1 atom stereocenters. The van der Waals surface area contributed by atoms with Gasteiger partial charge >= 0.3 is 5.97 Å². The molecule has 0 bridgehead atoms. The number of hydrogen-bond acceptors (Lipinski definition) is 6. The van der Waals surface area contributed by atoms with Gasteiger partial charge in [-0.3, -0.25) is 4.79 Å². The van der Waals surface area contributed by atoms with Crippen LogP contribution in [0.25, 0.3) is 0 Å². The van der Waals surface area contributed by atoms with Crippen molar-refractivity contribution in [3.8, 4) is 12.0 Å². The highest BCUT2D eigenvalue weighted by Gasteiger charge is 2.38. The van der Waals surface area contributed by atoms with Crippen molar-refractivity contribution in [2.45, 2.75) is 19.8 Å². The summed E-state index contributed by atoms with van der Waals surface area (Å²) >= 11 is 12.5. The number of aliphatic hydroxyl groups is 1. The van der Waals surface area contributed by atoms with E-state index in [2.05, 4.69) is 11.2 Å². The van der Waals surface area contributed by atoms with E-state index in [1.807, 2.05) is 0 Å². The molecule has 0 spiro atoms. The number of benzene rings is 1. The fourth-order valence-electron chi connectivity index (χ4n) is 2.93. The number of rotatable bonds is 5. The van der Waals surface area contributed by atoms with Crippen LogP contribution in [0.3, 0.4) is 0 Å². The first-order valence-corrected chi connectivity index (χ1v) is 8.57. The Morgan fingerprint density at radius 3 is 2.52 bits per heavy atom. The normalized spacial score (nSPS) is 16.4. The Kier molecular flexibility index (Phi) is 6.92. The first-order chi connectivity index (χ1) is 12.8. The van der Waals surface area contributed by atoms with Crippen molar-refractivity contribution in [2.75, 3.05) is 13.9 Å². The summed E-state index contributed by atoms with van der Waals surface area (Å²) in [6.45, 7) is 3.09. The second-order valence-electron chi connectivity index (χ2n) is 5.68. The third-order valence-corrected chi connectivity index (χ3v) is 4.83. The Labute approximate surface area is 166 Å². The van der Waals surface area contributed by atoms with Crippen LogP contribution < -0.4 is 5.32 Å². The third kappa shape index (κ3) is 4.28. The van der Waals surface area contributed by atoms with Crippen LogP contribution in [0.15, 0.2) is 40.7 Å². The third-order valence-electron chi connectivity index (χ3n) is 3.99. The fraction of sp³-hybridized carbons (Fsp3) is 0.263. The monoisotopic (exact) mass is 409 g/mol. The number of hydrogen-bond donors (Lipinski definition) is 2. The Morgan fingerprint density at radius 1 is 1.22 bits per heavy atom. The molecule has 1 aliphatic heterocycles. The Bertz CT molecular complexity index is 908. The number of methoxy groups -OCH3 is 1. The lowest BCUT2D eigenvalue weighted by molar-refractivity contribution is -0.149. The van der Waals surface area contributed by atoms with Crippen LogP contribution in [0.1, 0.15) is 25.3 Å². The number of ether oxygens (including phenoxy) is 2. The molecule has 142 valence electrons.